The summed E-state index contributed by atoms with van der Waals surface area (Å²) in [7, 11) is 3.23. The number of nitrogens with one attached hydrogen (secondary N) is 1. The van der Waals surface area contributed by atoms with Gasteiger partial charge in [-0.3, -0.25) is 9.78 Å². The van der Waals surface area contributed by atoms with Crippen molar-refractivity contribution in [2.75, 3.05) is 19.7 Å². The summed E-state index contributed by atoms with van der Waals surface area (Å²) in [5, 5.41) is 1.02. The maximum absolute atomic E-state index is 10.3. The number of carbonyl (C=O) groups excluding carboxylic acids is 1. The molecule has 0 fully saturated rings. The van der Waals surface area contributed by atoms with Gasteiger partial charge >= 0.3 is 6.47 Å². The van der Waals surface area contributed by atoms with Crippen LogP contribution in [0.5, 0.6) is 11.5 Å². The van der Waals surface area contributed by atoms with Gasteiger partial charge in [0.15, 0.2) is 11.5 Å². The number of benzene rings is 4. The minimum Gasteiger partial charge on any atom is -0.493 e. The SMILES string of the molecule is COc1cc2nccc(Cc3ccc(NOC=O)cc3C)c2cc1OC.Cc1cccc(-c2ccccc2)c1. The van der Waals surface area contributed by atoms with Gasteiger partial charge in [0.2, 0.25) is 0 Å². The monoisotopic (exact) mass is 520 g/mol. The van der Waals surface area contributed by atoms with Gasteiger partial charge in [0, 0.05) is 17.6 Å². The second-order valence-electron chi connectivity index (χ2n) is 9.06. The molecule has 0 saturated heterocycles. The van der Waals surface area contributed by atoms with Gasteiger partial charge in [0.1, 0.15) is 0 Å². The normalized spacial score (nSPS) is 10.3. The first-order valence-electron chi connectivity index (χ1n) is 12.6. The average molecular weight is 521 g/mol. The quantitative estimate of drug-likeness (QED) is 0.171. The van der Waals surface area contributed by atoms with Crippen LogP contribution in [0.4, 0.5) is 5.69 Å². The Kier molecular flexibility index (Phi) is 9.14. The molecule has 0 aliphatic rings. The Hall–Kier alpha value is -4.84. The Morgan fingerprint density at radius 3 is 2.21 bits per heavy atom. The molecule has 0 atom stereocenters. The van der Waals surface area contributed by atoms with Crippen LogP contribution in [0.2, 0.25) is 0 Å². The third kappa shape index (κ3) is 6.93. The summed E-state index contributed by atoms with van der Waals surface area (Å²) in [4.78, 5) is 19.3. The number of rotatable bonds is 8. The predicted molar refractivity (Wildman–Crippen MR) is 156 cm³/mol. The van der Waals surface area contributed by atoms with E-state index in [9.17, 15) is 4.79 Å². The fourth-order valence-corrected chi connectivity index (χ4v) is 4.39. The first kappa shape index (κ1) is 27.2. The minimum atomic E-state index is 0.355. The van der Waals surface area contributed by atoms with Gasteiger partial charge in [-0.15, -0.1) is 0 Å². The summed E-state index contributed by atoms with van der Waals surface area (Å²) in [6.07, 6.45) is 2.54. The number of pyridine rings is 1. The molecule has 5 aromatic rings. The van der Waals surface area contributed by atoms with Crippen LogP contribution in [0.15, 0.2) is 97.2 Å². The van der Waals surface area contributed by atoms with Crippen LogP contribution in [0, 0.1) is 13.8 Å². The van der Waals surface area contributed by atoms with Crippen LogP contribution in [0.3, 0.4) is 0 Å². The van der Waals surface area contributed by atoms with Crippen molar-refractivity contribution in [3.63, 3.8) is 0 Å². The second kappa shape index (κ2) is 13.1. The van der Waals surface area contributed by atoms with Crippen molar-refractivity contribution in [2.45, 2.75) is 20.3 Å². The highest BCUT2D eigenvalue weighted by molar-refractivity contribution is 5.86. The van der Waals surface area contributed by atoms with Crippen LogP contribution in [0.1, 0.15) is 22.3 Å². The number of aromatic nitrogens is 1. The molecular formula is C33H32N2O4. The van der Waals surface area contributed by atoms with Crippen LogP contribution in [-0.2, 0) is 16.1 Å². The van der Waals surface area contributed by atoms with Crippen molar-refractivity contribution in [2.24, 2.45) is 0 Å². The third-order valence-electron chi connectivity index (χ3n) is 6.41. The topological polar surface area (TPSA) is 69.7 Å². The van der Waals surface area contributed by atoms with Crippen molar-refractivity contribution in [3.05, 3.63) is 119 Å². The van der Waals surface area contributed by atoms with Gasteiger partial charge in [-0.25, -0.2) is 5.48 Å². The Bertz CT molecular complexity index is 1550. The van der Waals surface area contributed by atoms with E-state index in [0.29, 0.717) is 18.0 Å². The Morgan fingerprint density at radius 2 is 1.51 bits per heavy atom. The number of fused-ring (bicyclic) bond motifs is 1. The van der Waals surface area contributed by atoms with E-state index >= 15 is 0 Å². The van der Waals surface area contributed by atoms with E-state index in [-0.39, 0.29) is 0 Å². The molecule has 1 N–H and O–H groups in total. The van der Waals surface area contributed by atoms with E-state index in [0.717, 1.165) is 34.1 Å². The van der Waals surface area contributed by atoms with Crippen LogP contribution in [0.25, 0.3) is 22.0 Å². The van der Waals surface area contributed by atoms with Gasteiger partial charge in [-0.2, -0.15) is 0 Å². The summed E-state index contributed by atoms with van der Waals surface area (Å²) >= 11 is 0. The molecule has 4 aromatic carbocycles. The fraction of sp³-hybridized carbons (Fsp3) is 0.152. The van der Waals surface area contributed by atoms with Crippen molar-refractivity contribution in [1.29, 1.82) is 0 Å². The third-order valence-corrected chi connectivity index (χ3v) is 6.41. The number of nitrogens with zero attached hydrogens (tertiary/aromatic N) is 1. The summed E-state index contributed by atoms with van der Waals surface area (Å²) in [6.45, 7) is 4.49. The Morgan fingerprint density at radius 1 is 0.769 bits per heavy atom. The molecule has 0 unspecified atom stereocenters. The number of aryl methyl sites for hydroxylation is 2. The summed E-state index contributed by atoms with van der Waals surface area (Å²) < 4.78 is 10.8. The lowest BCUT2D eigenvalue weighted by Gasteiger charge is -2.13. The van der Waals surface area contributed by atoms with Crippen LogP contribution >= 0.6 is 0 Å². The van der Waals surface area contributed by atoms with Gasteiger partial charge in [0.25, 0.3) is 0 Å². The predicted octanol–water partition coefficient (Wildman–Crippen LogP) is 7.31. The molecule has 6 heteroatoms. The van der Waals surface area contributed by atoms with Crippen molar-refractivity contribution in [1.82, 2.24) is 4.98 Å². The number of anilines is 1. The maximum Gasteiger partial charge on any atom is 0.320 e. The molecule has 5 rings (SSSR count). The molecule has 0 saturated carbocycles. The van der Waals surface area contributed by atoms with E-state index in [1.807, 2.05) is 49.4 Å². The lowest BCUT2D eigenvalue weighted by Crippen LogP contribution is -2.00. The molecular weight excluding hydrogens is 488 g/mol. The lowest BCUT2D eigenvalue weighted by molar-refractivity contribution is -0.126. The molecule has 1 aromatic heterocycles. The summed E-state index contributed by atoms with van der Waals surface area (Å²) in [5.41, 5.74) is 11.4. The molecule has 198 valence electrons. The van der Waals surface area contributed by atoms with Crippen molar-refractivity contribution >= 4 is 23.1 Å². The lowest BCUT2D eigenvalue weighted by atomic mass is 9.97. The molecule has 0 aliphatic carbocycles. The molecule has 0 spiro atoms. The smallest absolute Gasteiger partial charge is 0.320 e. The molecule has 6 nitrogen and oxygen atoms in total. The maximum atomic E-state index is 10.3. The highest BCUT2D eigenvalue weighted by atomic mass is 16.7. The summed E-state index contributed by atoms with van der Waals surface area (Å²) in [5.74, 6) is 1.34. The summed E-state index contributed by atoms with van der Waals surface area (Å²) in [6, 6.07) is 30.7. The van der Waals surface area contributed by atoms with E-state index in [1.165, 1.54) is 22.3 Å². The van der Waals surface area contributed by atoms with E-state index < -0.39 is 0 Å². The van der Waals surface area contributed by atoms with Gasteiger partial charge in [-0.05, 0) is 72.4 Å². The first-order valence-corrected chi connectivity index (χ1v) is 12.6. The minimum absolute atomic E-state index is 0.355. The second-order valence-corrected chi connectivity index (χ2v) is 9.06. The average Bonchev–Trinajstić information content (AvgIpc) is 2.97. The number of methoxy groups -OCH3 is 2. The number of ether oxygens (including phenoxy) is 2. The Balaban J connectivity index is 0.000000226. The van der Waals surface area contributed by atoms with E-state index in [1.54, 1.807) is 20.4 Å². The van der Waals surface area contributed by atoms with Crippen LogP contribution in [-0.4, -0.2) is 25.7 Å². The zero-order chi connectivity index (χ0) is 27.6. The van der Waals surface area contributed by atoms with Gasteiger partial charge in [0.05, 0.1) is 25.4 Å². The number of hydrogen-bond donors (Lipinski definition) is 1. The van der Waals surface area contributed by atoms with Gasteiger partial charge in [-0.1, -0.05) is 66.2 Å². The Labute approximate surface area is 229 Å². The standard InChI is InChI=1S/C20H20N2O4.C13H12/c1-13-8-16(22-26-12-23)5-4-14(13)9-15-6-7-21-18-11-20(25-3)19(24-2)10-17(15)18;1-11-6-5-9-13(10-11)12-7-3-2-4-8-12/h4-8,10-12,22H,9H2,1-3H3;2-10H,1H3. The largest absolute Gasteiger partial charge is 0.493 e. The molecule has 0 bridgehead atoms. The van der Waals surface area contributed by atoms with Crippen molar-refractivity contribution in [3.8, 4) is 22.6 Å². The fourth-order valence-electron chi connectivity index (χ4n) is 4.39. The number of carbonyl (C=O) groups is 1. The molecule has 1 heterocycles. The molecule has 39 heavy (non-hydrogen) atoms. The first-order chi connectivity index (χ1) is 19.0. The van der Waals surface area contributed by atoms with Gasteiger partial charge < -0.3 is 14.3 Å². The molecule has 0 radical (unpaired) electrons. The highest BCUT2D eigenvalue weighted by Crippen LogP contribution is 2.33. The zero-order valence-corrected chi connectivity index (χ0v) is 22.6. The van der Waals surface area contributed by atoms with E-state index in [2.05, 4.69) is 70.8 Å². The highest BCUT2D eigenvalue weighted by Gasteiger charge is 2.11. The van der Waals surface area contributed by atoms with Crippen LogP contribution < -0.4 is 15.0 Å². The van der Waals surface area contributed by atoms with E-state index in [4.69, 9.17) is 9.47 Å². The molecule has 0 amide bonds. The van der Waals surface area contributed by atoms with Crippen molar-refractivity contribution < 1.29 is 19.1 Å². The molecule has 0 aliphatic heterocycles. The number of hydrogen-bond acceptors (Lipinski definition) is 6. The zero-order valence-electron chi connectivity index (χ0n) is 22.6.